The number of aliphatic hydroxyl groups excluding tert-OH is 1. The SMILES string of the molecule is COc1ccc(OC)c([C@@H]2/C(=C(\O)c3ccccc3)C(=O)C(=O)N2c2nc3c(C)cc(C)cc3s2)c1. The van der Waals surface area contributed by atoms with E-state index in [1.54, 1.807) is 42.5 Å². The number of carbonyl (C=O) groups is 2. The van der Waals surface area contributed by atoms with Crippen molar-refractivity contribution >= 4 is 44.1 Å². The zero-order valence-corrected chi connectivity index (χ0v) is 21.1. The molecule has 4 aromatic rings. The highest BCUT2D eigenvalue weighted by molar-refractivity contribution is 7.22. The number of amides is 1. The maximum Gasteiger partial charge on any atom is 0.301 e. The summed E-state index contributed by atoms with van der Waals surface area (Å²) in [6, 6.07) is 16.9. The second-order valence-corrected chi connectivity index (χ2v) is 9.58. The molecule has 0 bridgehead atoms. The Balaban J connectivity index is 1.80. The average molecular weight is 501 g/mol. The van der Waals surface area contributed by atoms with E-state index in [2.05, 4.69) is 0 Å². The first-order chi connectivity index (χ1) is 17.3. The maximum absolute atomic E-state index is 13.5. The molecule has 1 amide bonds. The van der Waals surface area contributed by atoms with Gasteiger partial charge < -0.3 is 14.6 Å². The molecule has 0 unspecified atom stereocenters. The normalized spacial score (nSPS) is 17.1. The van der Waals surface area contributed by atoms with Crippen LogP contribution in [0.2, 0.25) is 0 Å². The van der Waals surface area contributed by atoms with Gasteiger partial charge in [-0.05, 0) is 49.2 Å². The molecule has 1 aliphatic rings. The Morgan fingerprint density at radius 1 is 1.00 bits per heavy atom. The summed E-state index contributed by atoms with van der Waals surface area (Å²) in [6.07, 6.45) is 0. The molecule has 7 nitrogen and oxygen atoms in total. The van der Waals surface area contributed by atoms with E-state index < -0.39 is 17.7 Å². The minimum absolute atomic E-state index is 0.0371. The summed E-state index contributed by atoms with van der Waals surface area (Å²) >= 11 is 1.33. The number of aliphatic hydroxyl groups is 1. The Kier molecular flexibility index (Phi) is 5.97. The quantitative estimate of drug-likeness (QED) is 0.219. The van der Waals surface area contributed by atoms with Crippen molar-refractivity contribution in [3.8, 4) is 11.5 Å². The zero-order valence-electron chi connectivity index (χ0n) is 20.2. The highest BCUT2D eigenvalue weighted by Crippen LogP contribution is 2.47. The fourth-order valence-electron chi connectivity index (χ4n) is 4.59. The van der Waals surface area contributed by atoms with Crippen LogP contribution in [-0.4, -0.2) is 36.0 Å². The number of hydrogen-bond donors (Lipinski definition) is 1. The summed E-state index contributed by atoms with van der Waals surface area (Å²) in [5.41, 5.74) is 3.71. The van der Waals surface area contributed by atoms with Crippen molar-refractivity contribution in [1.29, 1.82) is 0 Å². The summed E-state index contributed by atoms with van der Waals surface area (Å²) in [5, 5.41) is 11.7. The van der Waals surface area contributed by atoms with Crippen LogP contribution in [0, 0.1) is 13.8 Å². The van der Waals surface area contributed by atoms with Crippen LogP contribution in [-0.2, 0) is 9.59 Å². The summed E-state index contributed by atoms with van der Waals surface area (Å²) < 4.78 is 12.0. The van der Waals surface area contributed by atoms with Crippen molar-refractivity contribution in [3.63, 3.8) is 0 Å². The predicted octanol–water partition coefficient (Wildman–Crippen LogP) is 5.56. The number of nitrogens with zero attached hydrogens (tertiary/aromatic N) is 2. The van der Waals surface area contributed by atoms with Gasteiger partial charge in [0.15, 0.2) is 5.13 Å². The summed E-state index contributed by atoms with van der Waals surface area (Å²) in [4.78, 5) is 33.1. The van der Waals surface area contributed by atoms with Crippen molar-refractivity contribution < 1.29 is 24.2 Å². The van der Waals surface area contributed by atoms with Gasteiger partial charge in [-0.1, -0.05) is 47.7 Å². The molecule has 1 aromatic heterocycles. The molecule has 5 rings (SSSR count). The van der Waals surface area contributed by atoms with Crippen LogP contribution in [0.15, 0.2) is 66.2 Å². The number of thiazole rings is 1. The predicted molar refractivity (Wildman–Crippen MR) is 140 cm³/mol. The standard InChI is InChI=1S/C28H24N2O5S/c1-15-12-16(2)23-21(13-15)36-28(29-23)30-24(19-14-18(34-3)10-11-20(19)35-4)22(26(32)27(30)33)25(31)17-8-6-5-7-9-17/h5-14,24,31H,1-4H3/b25-22+/t24-/m1/s1. The number of hydrogen-bond acceptors (Lipinski definition) is 7. The molecule has 1 fully saturated rings. The number of anilines is 1. The maximum atomic E-state index is 13.5. The molecule has 3 aromatic carbocycles. The second kappa shape index (κ2) is 9.13. The molecule has 0 spiro atoms. The van der Waals surface area contributed by atoms with E-state index in [1.807, 2.05) is 32.0 Å². The van der Waals surface area contributed by atoms with E-state index >= 15 is 0 Å². The number of methoxy groups -OCH3 is 2. The minimum atomic E-state index is -0.975. The van der Waals surface area contributed by atoms with Gasteiger partial charge in [0.2, 0.25) is 0 Å². The van der Waals surface area contributed by atoms with Gasteiger partial charge in [-0.2, -0.15) is 0 Å². The van der Waals surface area contributed by atoms with Gasteiger partial charge in [-0.3, -0.25) is 14.5 Å². The Morgan fingerprint density at radius 2 is 1.75 bits per heavy atom. The number of ether oxygens (including phenoxy) is 2. The Hall–Kier alpha value is -4.17. The lowest BCUT2D eigenvalue weighted by molar-refractivity contribution is -0.132. The van der Waals surface area contributed by atoms with E-state index in [0.29, 0.717) is 27.8 Å². The van der Waals surface area contributed by atoms with Crippen LogP contribution in [0.25, 0.3) is 16.0 Å². The van der Waals surface area contributed by atoms with Crippen LogP contribution < -0.4 is 14.4 Å². The molecule has 1 aliphatic heterocycles. The first-order valence-corrected chi connectivity index (χ1v) is 12.1. The molecule has 8 heteroatoms. The first-order valence-electron chi connectivity index (χ1n) is 11.3. The van der Waals surface area contributed by atoms with E-state index in [4.69, 9.17) is 14.5 Å². The van der Waals surface area contributed by atoms with Crippen molar-refractivity contribution in [3.05, 3.63) is 88.5 Å². The lowest BCUT2D eigenvalue weighted by Crippen LogP contribution is -2.29. The zero-order chi connectivity index (χ0) is 25.6. The number of benzene rings is 3. The molecule has 182 valence electrons. The van der Waals surface area contributed by atoms with Gasteiger partial charge in [0.1, 0.15) is 23.3 Å². The smallest absolute Gasteiger partial charge is 0.301 e. The average Bonchev–Trinajstić information content (AvgIpc) is 3.42. The van der Waals surface area contributed by atoms with Gasteiger partial charge in [0, 0.05) is 11.1 Å². The van der Waals surface area contributed by atoms with Crippen LogP contribution in [0.4, 0.5) is 5.13 Å². The number of Topliss-reactive ketones (excluding diaryl/α,β-unsaturated/α-hetero) is 1. The topological polar surface area (TPSA) is 89.0 Å². The fraction of sp³-hybridized carbons (Fsp3) is 0.179. The van der Waals surface area contributed by atoms with Gasteiger partial charge in [-0.25, -0.2) is 4.98 Å². The van der Waals surface area contributed by atoms with Crippen molar-refractivity contribution in [1.82, 2.24) is 4.98 Å². The van der Waals surface area contributed by atoms with E-state index in [-0.39, 0.29) is 11.3 Å². The van der Waals surface area contributed by atoms with Crippen molar-refractivity contribution in [2.24, 2.45) is 0 Å². The fourth-order valence-corrected chi connectivity index (χ4v) is 5.76. The van der Waals surface area contributed by atoms with Gasteiger partial charge in [0.05, 0.1) is 30.0 Å². The number of aromatic nitrogens is 1. The molecule has 1 N–H and O–H groups in total. The molecule has 1 saturated heterocycles. The largest absolute Gasteiger partial charge is 0.507 e. The molecule has 0 saturated carbocycles. The van der Waals surface area contributed by atoms with Gasteiger partial charge >= 0.3 is 5.91 Å². The highest BCUT2D eigenvalue weighted by Gasteiger charge is 2.49. The van der Waals surface area contributed by atoms with Crippen LogP contribution in [0.3, 0.4) is 0 Å². The summed E-state index contributed by atoms with van der Waals surface area (Å²) in [5.74, 6) is -0.861. The number of fused-ring (bicyclic) bond motifs is 1. The number of carbonyl (C=O) groups excluding carboxylic acids is 2. The third-order valence-corrected chi connectivity index (χ3v) is 7.25. The van der Waals surface area contributed by atoms with Crippen molar-refractivity contribution in [2.75, 3.05) is 19.1 Å². The van der Waals surface area contributed by atoms with Crippen LogP contribution >= 0.6 is 11.3 Å². The molecule has 0 aliphatic carbocycles. The van der Waals surface area contributed by atoms with E-state index in [9.17, 15) is 14.7 Å². The summed E-state index contributed by atoms with van der Waals surface area (Å²) in [6.45, 7) is 3.96. The van der Waals surface area contributed by atoms with E-state index in [1.165, 1.54) is 30.5 Å². The molecule has 2 heterocycles. The lowest BCUT2D eigenvalue weighted by Gasteiger charge is -2.25. The number of ketones is 1. The summed E-state index contributed by atoms with van der Waals surface area (Å²) in [7, 11) is 3.05. The second-order valence-electron chi connectivity index (χ2n) is 8.57. The molecule has 0 radical (unpaired) electrons. The molecule has 36 heavy (non-hydrogen) atoms. The monoisotopic (exact) mass is 500 g/mol. The highest BCUT2D eigenvalue weighted by atomic mass is 32.1. The minimum Gasteiger partial charge on any atom is -0.507 e. The van der Waals surface area contributed by atoms with Gasteiger partial charge in [-0.15, -0.1) is 0 Å². The first kappa shape index (κ1) is 23.6. The third kappa shape index (κ3) is 3.79. The Morgan fingerprint density at radius 3 is 2.44 bits per heavy atom. The Labute approximate surface area is 212 Å². The van der Waals surface area contributed by atoms with Crippen molar-refractivity contribution in [2.45, 2.75) is 19.9 Å². The van der Waals surface area contributed by atoms with Crippen LogP contribution in [0.1, 0.15) is 28.3 Å². The lowest BCUT2D eigenvalue weighted by atomic mass is 9.94. The molecule has 1 atom stereocenters. The Bertz CT molecular complexity index is 1540. The number of aryl methyl sites for hydroxylation is 2. The van der Waals surface area contributed by atoms with E-state index in [0.717, 1.165) is 21.3 Å². The van der Waals surface area contributed by atoms with Gasteiger partial charge in [0.25, 0.3) is 5.78 Å². The molecular formula is C28H24N2O5S. The molecular weight excluding hydrogens is 476 g/mol. The third-order valence-electron chi connectivity index (χ3n) is 6.25. The number of rotatable bonds is 5. The van der Waals surface area contributed by atoms with Crippen LogP contribution in [0.5, 0.6) is 11.5 Å².